The molecule has 0 bridgehead atoms. The van der Waals surface area contributed by atoms with Crippen molar-refractivity contribution in [3.8, 4) is 0 Å². The summed E-state index contributed by atoms with van der Waals surface area (Å²) in [4.78, 5) is 2.69. The maximum Gasteiger partial charge on any atom is 0.265 e. The van der Waals surface area contributed by atoms with Crippen LogP contribution < -0.4 is 28.1 Å². The number of thioether (sulfide) groups is 1. The number of anilines is 1. The minimum absolute atomic E-state index is 0.495. The van der Waals surface area contributed by atoms with Gasteiger partial charge in [-0.1, -0.05) is 47.4 Å². The number of hydrogen-bond acceptors (Lipinski definition) is 7. The van der Waals surface area contributed by atoms with E-state index in [2.05, 4.69) is 0 Å². The van der Waals surface area contributed by atoms with Crippen molar-refractivity contribution >= 4 is 45.1 Å². The van der Waals surface area contributed by atoms with Crippen LogP contribution in [0.15, 0.2) is 82.0 Å². The molecule has 0 saturated carbocycles. The van der Waals surface area contributed by atoms with Crippen LogP contribution in [0.2, 0.25) is 0 Å². The first-order chi connectivity index (χ1) is 15.5. The van der Waals surface area contributed by atoms with Gasteiger partial charge < -0.3 is 4.90 Å². The molecule has 6 nitrogen and oxygen atoms in total. The number of allylic oxidation sites excluding steroid dienone is 4. The molecule has 2 aromatic carbocycles. The Hall–Kier alpha value is -2.38. The van der Waals surface area contributed by atoms with Gasteiger partial charge in [-0.05, 0) is 18.2 Å². The lowest BCUT2D eigenvalue weighted by atomic mass is 10.3. The predicted molar refractivity (Wildman–Crippen MR) is 110 cm³/mol. The van der Waals surface area contributed by atoms with Crippen molar-refractivity contribution in [3.05, 3.63) is 82.1 Å². The number of para-hydroxylation sites is 2. The molecule has 1 aliphatic rings. The second-order valence-electron chi connectivity index (χ2n) is 6.61. The highest BCUT2D eigenvalue weighted by atomic mass is 35.7. The fraction of sp³-hybridized carbons (Fsp3) is 0.0952. The highest BCUT2D eigenvalue weighted by Crippen LogP contribution is 2.45. The Kier molecular flexibility index (Phi) is 7.85. The smallest absolute Gasteiger partial charge is 0.265 e. The molecule has 0 atom stereocenters. The third-order valence-electron chi connectivity index (χ3n) is 4.46. The first kappa shape index (κ1) is 25.2. The van der Waals surface area contributed by atoms with E-state index in [1.807, 2.05) is 48.5 Å². The van der Waals surface area contributed by atoms with E-state index in [-0.39, 0.29) is 0 Å². The van der Waals surface area contributed by atoms with Crippen molar-refractivity contribution < 1.29 is 46.6 Å². The summed E-state index contributed by atoms with van der Waals surface area (Å²) in [5.74, 6) is -3.98. The summed E-state index contributed by atoms with van der Waals surface area (Å²) < 4.78 is 79.8. The van der Waals surface area contributed by atoms with Crippen molar-refractivity contribution in [3.63, 3.8) is 0 Å². The van der Waals surface area contributed by atoms with Crippen molar-refractivity contribution in [1.82, 2.24) is 0 Å². The molecule has 4 rings (SSSR count). The van der Waals surface area contributed by atoms with Gasteiger partial charge in [0.1, 0.15) is 11.7 Å². The molecule has 12 heteroatoms. The zero-order valence-corrected chi connectivity index (χ0v) is 19.5. The Morgan fingerprint density at radius 2 is 1.61 bits per heavy atom. The monoisotopic (exact) mass is 516 g/mol. The molecule has 0 spiro atoms. The lowest BCUT2D eigenvalue weighted by Crippen LogP contribution is -2.68. The molecular weight excluding hydrogens is 501 g/mol. The number of benzene rings is 2. The summed E-state index contributed by atoms with van der Waals surface area (Å²) in [6.07, 6.45) is 2.05. The minimum Gasteiger partial charge on any atom is -0.338 e. The third kappa shape index (κ3) is 6.36. The molecule has 2 heterocycles. The Morgan fingerprint density at radius 3 is 2.24 bits per heavy atom. The summed E-state index contributed by atoms with van der Waals surface area (Å²) in [6, 6.07) is 15.1. The second-order valence-corrected chi connectivity index (χ2v) is 9.49. The van der Waals surface area contributed by atoms with Gasteiger partial charge in [-0.3, -0.25) is 0 Å². The molecule has 0 aliphatic carbocycles. The first-order valence-electron chi connectivity index (χ1n) is 9.10. The quantitative estimate of drug-likeness (QED) is 0.386. The summed E-state index contributed by atoms with van der Waals surface area (Å²) >= 11 is 2.63. The van der Waals surface area contributed by atoms with Gasteiger partial charge in [0.05, 0.1) is 16.8 Å². The Morgan fingerprint density at radius 1 is 1.00 bits per heavy atom. The van der Waals surface area contributed by atoms with Gasteiger partial charge in [0.2, 0.25) is 5.52 Å². The van der Waals surface area contributed by atoms with Crippen LogP contribution >= 0.6 is 23.1 Å². The van der Waals surface area contributed by atoms with E-state index in [4.69, 9.17) is 18.6 Å². The van der Waals surface area contributed by atoms with Gasteiger partial charge in [-0.25, -0.2) is 31.8 Å². The fourth-order valence-electron chi connectivity index (χ4n) is 2.95. The average molecular weight is 517 g/mol. The maximum absolute atomic E-state index is 14.4. The van der Waals surface area contributed by atoms with Crippen LogP contribution in [0, 0.1) is 10.2 Å². The van der Waals surface area contributed by atoms with Gasteiger partial charge >= 0.3 is 0 Å². The number of fused-ring (bicyclic) bond motifs is 2. The number of rotatable bonds is 3. The number of aromatic nitrogens is 1. The fourth-order valence-corrected chi connectivity index (χ4v) is 5.11. The van der Waals surface area contributed by atoms with Crippen LogP contribution in [-0.4, -0.2) is 7.05 Å². The van der Waals surface area contributed by atoms with Gasteiger partial charge in [-0.15, -0.1) is 10.2 Å². The van der Waals surface area contributed by atoms with Crippen LogP contribution in [0.3, 0.4) is 0 Å². The van der Waals surface area contributed by atoms with Gasteiger partial charge in [0.15, 0.2) is 17.5 Å². The number of halogens is 4. The molecule has 0 unspecified atom stereocenters. The normalized spacial score (nSPS) is 16.0. The zero-order valence-electron chi connectivity index (χ0n) is 17.1. The van der Waals surface area contributed by atoms with Crippen LogP contribution in [0.4, 0.5) is 18.9 Å². The zero-order chi connectivity index (χ0) is 24.3. The standard InChI is InChI=1S/C21H16F3N2S2.ClHO4/c1-25-15-7-3-5-9-17(15)27-19(25)11-13(22)21(24)14(23)12-20-26(2)16-8-4-6-10-18(16)28-20;2-1(3,4)5/h3-12H,1-2H3;(H,2,3,4,5)/q+1;/p-1. The van der Waals surface area contributed by atoms with Crippen LogP contribution in [0.1, 0.15) is 5.01 Å². The van der Waals surface area contributed by atoms with E-state index in [0.29, 0.717) is 10.0 Å². The molecule has 3 aromatic rings. The van der Waals surface area contributed by atoms with E-state index in [1.165, 1.54) is 23.1 Å². The molecule has 0 amide bonds. The summed E-state index contributed by atoms with van der Waals surface area (Å²) in [5, 5.41) is 0.989. The van der Waals surface area contributed by atoms with Crippen LogP contribution in [0.25, 0.3) is 16.3 Å². The number of thiazole rings is 1. The Balaban J connectivity index is 0.000000555. The lowest BCUT2D eigenvalue weighted by molar-refractivity contribution is -2.00. The number of aryl methyl sites for hydroxylation is 1. The second kappa shape index (κ2) is 10.3. The molecule has 33 heavy (non-hydrogen) atoms. The first-order valence-corrected chi connectivity index (χ1v) is 12.0. The highest BCUT2D eigenvalue weighted by Gasteiger charge is 2.23. The summed E-state index contributed by atoms with van der Waals surface area (Å²) in [7, 11) is -1.42. The van der Waals surface area contributed by atoms with Crippen molar-refractivity contribution in [1.29, 1.82) is 0 Å². The van der Waals surface area contributed by atoms with E-state index in [9.17, 15) is 13.2 Å². The van der Waals surface area contributed by atoms with Gasteiger partial charge in [-0.2, -0.15) is 4.57 Å². The molecule has 0 radical (unpaired) electrons. The van der Waals surface area contributed by atoms with Crippen molar-refractivity contribution in [2.75, 3.05) is 11.9 Å². The lowest BCUT2D eigenvalue weighted by Gasteiger charge is -2.17. The van der Waals surface area contributed by atoms with E-state index >= 15 is 0 Å². The topological polar surface area (TPSA) is 99.4 Å². The van der Waals surface area contributed by atoms with E-state index < -0.39 is 27.7 Å². The molecule has 0 saturated heterocycles. The minimum atomic E-state index is -4.94. The van der Waals surface area contributed by atoms with E-state index in [1.54, 1.807) is 23.6 Å². The predicted octanol–water partition coefficient (Wildman–Crippen LogP) is 1.51. The molecule has 174 valence electrons. The summed E-state index contributed by atoms with van der Waals surface area (Å²) in [6.45, 7) is 0. The number of nitrogens with zero attached hydrogens (tertiary/aromatic N) is 2. The van der Waals surface area contributed by atoms with Gasteiger partial charge in [0.25, 0.3) is 5.01 Å². The highest BCUT2D eigenvalue weighted by molar-refractivity contribution is 8.03. The average Bonchev–Trinajstić information content (AvgIpc) is 3.23. The Bertz CT molecular complexity index is 1270. The molecule has 0 N–H and O–H groups in total. The third-order valence-corrected chi connectivity index (χ3v) is 6.80. The van der Waals surface area contributed by atoms with Crippen molar-refractivity contribution in [2.45, 2.75) is 4.90 Å². The van der Waals surface area contributed by atoms with Crippen molar-refractivity contribution in [2.24, 2.45) is 7.05 Å². The molecule has 0 fully saturated rings. The number of hydrogen-bond donors (Lipinski definition) is 0. The molecular formula is C21H16ClF3N2O4S2. The van der Waals surface area contributed by atoms with Gasteiger partial charge in [0, 0.05) is 24.1 Å². The van der Waals surface area contributed by atoms with E-state index in [0.717, 1.165) is 33.0 Å². The maximum atomic E-state index is 14.4. The van der Waals surface area contributed by atoms with Crippen LogP contribution in [0.5, 0.6) is 0 Å². The molecule has 1 aliphatic heterocycles. The largest absolute Gasteiger partial charge is 0.338 e. The Labute approximate surface area is 197 Å². The van der Waals surface area contributed by atoms with Crippen LogP contribution in [-0.2, 0) is 7.05 Å². The summed E-state index contributed by atoms with van der Waals surface area (Å²) in [5.41, 5.74) is 1.81. The molecule has 1 aromatic heterocycles. The SMILES string of the molecule is CN1\C(=C/C(F)=C(F)/C(F)=C\c2sc3ccccc3[n+]2C)Sc2ccccc21.[O-][Cl+3]([O-])([O-])[O-].